The number of nitrogens with zero attached hydrogens (tertiary/aromatic N) is 2. The Morgan fingerprint density at radius 2 is 1.79 bits per heavy atom. The number of rotatable bonds is 14. The van der Waals surface area contributed by atoms with Crippen LogP contribution in [0.3, 0.4) is 0 Å². The summed E-state index contributed by atoms with van der Waals surface area (Å²) in [4.78, 5) is 40.3. The van der Waals surface area contributed by atoms with Gasteiger partial charge in [-0.3, -0.25) is 14.4 Å². The highest BCUT2D eigenvalue weighted by Gasteiger charge is 2.35. The summed E-state index contributed by atoms with van der Waals surface area (Å²) >= 11 is 1.13. The van der Waals surface area contributed by atoms with Gasteiger partial charge in [0.25, 0.3) is 15.9 Å². The van der Waals surface area contributed by atoms with Crippen LogP contribution in [0.2, 0.25) is 0 Å². The zero-order valence-corrected chi connectivity index (χ0v) is 28.5. The molecule has 0 saturated carbocycles. The number of thiophene rings is 1. The van der Waals surface area contributed by atoms with Crippen molar-refractivity contribution in [1.29, 1.82) is 0 Å². The Kier molecular flexibility index (Phi) is 12.4. The van der Waals surface area contributed by atoms with Crippen LogP contribution in [0.5, 0.6) is 5.75 Å². The van der Waals surface area contributed by atoms with E-state index in [2.05, 4.69) is 10.6 Å². The van der Waals surface area contributed by atoms with E-state index in [0.717, 1.165) is 11.3 Å². The normalized spacial score (nSPS) is 17.3. The number of fused-ring (bicyclic) bond motifs is 1. The summed E-state index contributed by atoms with van der Waals surface area (Å²) in [7, 11) is -2.23. The van der Waals surface area contributed by atoms with Gasteiger partial charge < -0.3 is 31.1 Å². The molecule has 1 aliphatic rings. The number of aliphatic hydroxyl groups is 1. The number of sulfonamides is 1. The fourth-order valence-electron chi connectivity index (χ4n) is 5.23. The number of likely N-dealkylation sites (N-methyl/N-ethyl adjacent to an activating group) is 1. The molecular weight excluding hydrogens is 643 g/mol. The molecule has 12 nitrogen and oxygen atoms in total. The molecule has 2 heterocycles. The van der Waals surface area contributed by atoms with Gasteiger partial charge in [-0.1, -0.05) is 31.5 Å². The Morgan fingerprint density at radius 1 is 1.09 bits per heavy atom. The first kappa shape index (κ1) is 35.9. The fraction of sp³-hybridized carbons (Fsp3) is 0.424. The molecule has 2 aromatic carbocycles. The lowest BCUT2D eigenvalue weighted by Gasteiger charge is -2.38. The van der Waals surface area contributed by atoms with E-state index in [4.69, 9.17) is 10.5 Å². The summed E-state index contributed by atoms with van der Waals surface area (Å²) < 4.78 is 34.1. The van der Waals surface area contributed by atoms with Crippen molar-refractivity contribution in [3.05, 3.63) is 65.5 Å². The Labute approximate surface area is 279 Å². The molecule has 0 radical (unpaired) electrons. The maximum Gasteiger partial charge on any atom is 0.258 e. The molecule has 3 aromatic rings. The van der Waals surface area contributed by atoms with Gasteiger partial charge in [0, 0.05) is 38.0 Å². The Bertz CT molecular complexity index is 1650. The van der Waals surface area contributed by atoms with Crippen molar-refractivity contribution < 1.29 is 32.6 Å². The number of unbranched alkanes of at least 4 members (excludes halogenated alkanes) is 2. The third-order valence-corrected chi connectivity index (χ3v) is 11.3. The van der Waals surface area contributed by atoms with Gasteiger partial charge >= 0.3 is 0 Å². The predicted molar refractivity (Wildman–Crippen MR) is 183 cm³/mol. The summed E-state index contributed by atoms with van der Waals surface area (Å²) in [6.45, 7) is 3.62. The summed E-state index contributed by atoms with van der Waals surface area (Å²) in [6.07, 6.45) is 1.78. The van der Waals surface area contributed by atoms with E-state index in [-0.39, 0.29) is 65.3 Å². The average Bonchev–Trinajstić information content (AvgIpc) is 3.60. The summed E-state index contributed by atoms with van der Waals surface area (Å²) in [5, 5.41) is 17.3. The average molecular weight is 686 g/mol. The summed E-state index contributed by atoms with van der Waals surface area (Å²) in [5.41, 5.74) is 7.55. The largest absolute Gasteiger partial charge is 0.488 e. The van der Waals surface area contributed by atoms with Crippen LogP contribution in [0, 0.1) is 5.92 Å². The number of para-hydroxylation sites is 2. The number of aliphatic hydroxyl groups excluding tert-OH is 1. The van der Waals surface area contributed by atoms with Crippen LogP contribution in [-0.2, 0) is 19.6 Å². The Morgan fingerprint density at radius 3 is 2.45 bits per heavy atom. The van der Waals surface area contributed by atoms with Crippen LogP contribution in [-0.4, -0.2) is 79.3 Å². The number of ether oxygens (including phenoxy) is 1. The SMILES string of the molecule is C[C@@H]1CN([C@@H](C)CO)C(=O)c2cc(NC(=O)CCCCCC(=O)Nc3ccccc3N)ccc2O[C@@H]1CN(C)S(=O)(=O)c1cccs1. The molecule has 1 aromatic heterocycles. The number of amides is 3. The lowest BCUT2D eigenvalue weighted by atomic mass is 9.99. The predicted octanol–water partition coefficient (Wildman–Crippen LogP) is 4.40. The van der Waals surface area contributed by atoms with Crippen LogP contribution in [0.15, 0.2) is 64.2 Å². The van der Waals surface area contributed by atoms with Gasteiger partial charge in [0.15, 0.2) is 0 Å². The van der Waals surface area contributed by atoms with E-state index in [0.29, 0.717) is 42.7 Å². The fourth-order valence-corrected chi connectivity index (χ4v) is 7.61. The number of nitrogens with one attached hydrogen (secondary N) is 2. The van der Waals surface area contributed by atoms with Crippen LogP contribution < -0.4 is 21.1 Å². The third kappa shape index (κ3) is 9.31. The lowest BCUT2D eigenvalue weighted by Crippen LogP contribution is -2.50. The molecule has 5 N–H and O–H groups in total. The van der Waals surface area contributed by atoms with Crippen molar-refractivity contribution in [2.75, 3.05) is 43.1 Å². The number of benzene rings is 2. The third-order valence-electron chi connectivity index (χ3n) is 8.09. The van der Waals surface area contributed by atoms with Crippen LogP contribution >= 0.6 is 11.3 Å². The van der Waals surface area contributed by atoms with Gasteiger partial charge in [-0.15, -0.1) is 11.3 Å². The maximum atomic E-state index is 13.7. The number of hydrogen-bond donors (Lipinski definition) is 4. The standard InChI is InChI=1S/C33H43N5O7S2/c1-22-19-38(23(2)21-39)33(42)25-18-24(15-16-28(25)45-29(22)20-37(3)47(43,44)32-14-9-17-46-32)35-30(40)12-5-4-6-13-31(41)36-27-11-8-7-10-26(27)34/h7-11,14-18,22-23,29,39H,4-6,12-13,19-21,34H2,1-3H3,(H,35,40)(H,36,41)/t22-,23+,29-/m1/s1. The van der Waals surface area contributed by atoms with Gasteiger partial charge in [-0.25, -0.2) is 8.42 Å². The van der Waals surface area contributed by atoms with Crippen molar-refractivity contribution in [2.24, 2.45) is 5.92 Å². The molecule has 0 fully saturated rings. The van der Waals surface area contributed by atoms with E-state index >= 15 is 0 Å². The molecule has 254 valence electrons. The second kappa shape index (κ2) is 16.2. The van der Waals surface area contributed by atoms with Gasteiger partial charge in [0.2, 0.25) is 11.8 Å². The van der Waals surface area contributed by atoms with E-state index in [1.165, 1.54) is 11.4 Å². The molecule has 14 heteroatoms. The summed E-state index contributed by atoms with van der Waals surface area (Å²) in [5.74, 6) is -0.755. The lowest BCUT2D eigenvalue weighted by molar-refractivity contribution is -0.116. The second-order valence-corrected chi connectivity index (χ2v) is 15.0. The van der Waals surface area contributed by atoms with E-state index in [9.17, 15) is 27.9 Å². The van der Waals surface area contributed by atoms with Gasteiger partial charge in [-0.05, 0) is 61.5 Å². The molecule has 0 aliphatic carbocycles. The number of carbonyl (C=O) groups excluding carboxylic acids is 3. The number of hydrogen-bond acceptors (Lipinski definition) is 9. The second-order valence-electron chi connectivity index (χ2n) is 11.8. The molecule has 4 rings (SSSR count). The minimum Gasteiger partial charge on any atom is -0.488 e. The van der Waals surface area contributed by atoms with Crippen molar-refractivity contribution in [3.63, 3.8) is 0 Å². The quantitative estimate of drug-likeness (QED) is 0.143. The molecule has 0 saturated heterocycles. The van der Waals surface area contributed by atoms with E-state index in [1.54, 1.807) is 71.8 Å². The zero-order chi connectivity index (χ0) is 34.1. The first-order valence-electron chi connectivity index (χ1n) is 15.6. The molecule has 0 bridgehead atoms. The topological polar surface area (TPSA) is 171 Å². The smallest absolute Gasteiger partial charge is 0.258 e. The van der Waals surface area contributed by atoms with Crippen LogP contribution in [0.1, 0.15) is 56.3 Å². The van der Waals surface area contributed by atoms with Gasteiger partial charge in [-0.2, -0.15) is 4.31 Å². The van der Waals surface area contributed by atoms with Crippen LogP contribution in [0.25, 0.3) is 0 Å². The van der Waals surface area contributed by atoms with E-state index < -0.39 is 22.2 Å². The van der Waals surface area contributed by atoms with Crippen molar-refractivity contribution >= 4 is 56.1 Å². The van der Waals surface area contributed by atoms with E-state index in [1.807, 2.05) is 6.92 Å². The van der Waals surface area contributed by atoms with Crippen molar-refractivity contribution in [2.45, 2.75) is 62.3 Å². The highest BCUT2D eigenvalue weighted by atomic mass is 32.2. The number of nitrogen functional groups attached to an aromatic ring is 1. The molecule has 47 heavy (non-hydrogen) atoms. The zero-order valence-electron chi connectivity index (χ0n) is 26.8. The monoisotopic (exact) mass is 685 g/mol. The molecule has 0 unspecified atom stereocenters. The molecule has 1 aliphatic heterocycles. The van der Waals surface area contributed by atoms with Crippen molar-refractivity contribution in [1.82, 2.24) is 9.21 Å². The first-order valence-corrected chi connectivity index (χ1v) is 17.9. The maximum absolute atomic E-state index is 13.7. The Balaban J connectivity index is 1.39. The first-order chi connectivity index (χ1) is 22.4. The number of carbonyl (C=O) groups is 3. The summed E-state index contributed by atoms with van der Waals surface area (Å²) in [6, 6.07) is 14.6. The molecule has 3 atom stereocenters. The van der Waals surface area contributed by atoms with Crippen LogP contribution in [0.4, 0.5) is 17.1 Å². The molecule has 0 spiro atoms. The Hall–Kier alpha value is -3.98. The number of nitrogens with two attached hydrogens (primary N) is 1. The highest BCUT2D eigenvalue weighted by molar-refractivity contribution is 7.91. The molecular formula is C33H43N5O7S2. The van der Waals surface area contributed by atoms with Gasteiger partial charge in [0.1, 0.15) is 16.1 Å². The van der Waals surface area contributed by atoms with Crippen molar-refractivity contribution in [3.8, 4) is 5.75 Å². The minimum atomic E-state index is -3.73. The highest BCUT2D eigenvalue weighted by Crippen LogP contribution is 2.31. The number of anilines is 3. The minimum absolute atomic E-state index is 0.0385. The van der Waals surface area contributed by atoms with Gasteiger partial charge in [0.05, 0.1) is 36.1 Å². The molecule has 3 amide bonds.